The molecule has 3 rings (SSSR count). The summed E-state index contributed by atoms with van der Waals surface area (Å²) in [7, 11) is 0. The summed E-state index contributed by atoms with van der Waals surface area (Å²) in [5, 5.41) is 1.63. The highest BCUT2D eigenvalue weighted by molar-refractivity contribution is 7.99. The van der Waals surface area contributed by atoms with Crippen LogP contribution in [0.2, 0.25) is 5.02 Å². The van der Waals surface area contributed by atoms with Crippen molar-refractivity contribution in [3.63, 3.8) is 0 Å². The van der Waals surface area contributed by atoms with Crippen LogP contribution in [0.3, 0.4) is 0 Å². The van der Waals surface area contributed by atoms with Crippen molar-refractivity contribution in [3.05, 3.63) is 52.5 Å². The number of aromatic nitrogens is 2. The highest BCUT2D eigenvalue weighted by Crippen LogP contribution is 2.33. The van der Waals surface area contributed by atoms with E-state index < -0.39 is 0 Å². The first kappa shape index (κ1) is 14.4. The number of nitrogens with zero attached hydrogens (tertiary/aromatic N) is 1. The van der Waals surface area contributed by atoms with Crippen LogP contribution in [0.5, 0.6) is 0 Å². The quantitative estimate of drug-likeness (QED) is 0.759. The fraction of sp³-hybridized carbons (Fsp3) is 0.188. The van der Waals surface area contributed by atoms with E-state index in [1.807, 2.05) is 18.2 Å². The minimum absolute atomic E-state index is 0.580. The van der Waals surface area contributed by atoms with Crippen molar-refractivity contribution in [3.8, 4) is 0 Å². The van der Waals surface area contributed by atoms with Crippen molar-refractivity contribution < 1.29 is 0 Å². The topological polar surface area (TPSA) is 54.7 Å². The highest BCUT2D eigenvalue weighted by atomic mass is 35.5. The van der Waals surface area contributed by atoms with E-state index in [9.17, 15) is 0 Å². The lowest BCUT2D eigenvalue weighted by atomic mass is 10.1. The lowest BCUT2D eigenvalue weighted by Gasteiger charge is -2.08. The van der Waals surface area contributed by atoms with Crippen molar-refractivity contribution in [2.75, 3.05) is 6.54 Å². The van der Waals surface area contributed by atoms with Crippen LogP contribution in [0.1, 0.15) is 11.1 Å². The molecule has 5 heteroatoms. The molecule has 108 valence electrons. The zero-order valence-electron chi connectivity index (χ0n) is 11.7. The Hall–Kier alpha value is -1.49. The third-order valence-electron chi connectivity index (χ3n) is 3.29. The van der Waals surface area contributed by atoms with Crippen molar-refractivity contribution in [1.82, 2.24) is 9.97 Å². The molecule has 0 spiro atoms. The van der Waals surface area contributed by atoms with Gasteiger partial charge in [0.05, 0.1) is 11.0 Å². The summed E-state index contributed by atoms with van der Waals surface area (Å²) < 4.78 is 0. The summed E-state index contributed by atoms with van der Waals surface area (Å²) in [6.07, 6.45) is 0.765. The van der Waals surface area contributed by atoms with Gasteiger partial charge < -0.3 is 10.7 Å². The van der Waals surface area contributed by atoms with Gasteiger partial charge in [-0.1, -0.05) is 35.5 Å². The number of halogens is 1. The van der Waals surface area contributed by atoms with E-state index in [1.165, 1.54) is 5.56 Å². The number of hydrogen-bond donors (Lipinski definition) is 2. The molecule has 1 heterocycles. The lowest BCUT2D eigenvalue weighted by Crippen LogP contribution is -2.04. The van der Waals surface area contributed by atoms with Crippen LogP contribution in [0.15, 0.2) is 46.5 Å². The van der Waals surface area contributed by atoms with E-state index in [2.05, 4.69) is 35.1 Å². The van der Waals surface area contributed by atoms with Crippen LogP contribution >= 0.6 is 23.4 Å². The lowest BCUT2D eigenvalue weighted by molar-refractivity contribution is 0.942. The Bertz CT molecular complexity index is 782. The molecule has 0 aliphatic carbocycles. The normalized spacial score (nSPS) is 11.2. The molecular formula is C16H16ClN3S. The molecule has 0 aliphatic rings. The average molecular weight is 318 g/mol. The second kappa shape index (κ2) is 6.10. The maximum Gasteiger partial charge on any atom is 0.171 e. The van der Waals surface area contributed by atoms with E-state index in [0.29, 0.717) is 6.54 Å². The van der Waals surface area contributed by atoms with Gasteiger partial charge in [-0.3, -0.25) is 0 Å². The molecule has 0 aliphatic heterocycles. The van der Waals surface area contributed by atoms with E-state index in [4.69, 9.17) is 17.3 Å². The molecular weight excluding hydrogens is 302 g/mol. The Labute approximate surface area is 132 Å². The van der Waals surface area contributed by atoms with Crippen LogP contribution in [0.4, 0.5) is 0 Å². The maximum atomic E-state index is 6.27. The molecule has 0 amide bonds. The second-order valence-corrected chi connectivity index (χ2v) is 6.36. The molecule has 0 radical (unpaired) electrons. The van der Waals surface area contributed by atoms with Gasteiger partial charge in [0.2, 0.25) is 0 Å². The number of aryl methyl sites for hydroxylation is 1. The number of nitrogens with two attached hydrogens (primary N) is 1. The third-order valence-corrected chi connectivity index (χ3v) is 4.64. The molecule has 0 saturated carbocycles. The fourth-order valence-corrected chi connectivity index (χ4v) is 3.59. The van der Waals surface area contributed by atoms with Gasteiger partial charge in [-0.05, 0) is 55.3 Å². The van der Waals surface area contributed by atoms with Crippen LogP contribution in [-0.2, 0) is 6.42 Å². The minimum atomic E-state index is 0.580. The molecule has 3 nitrogen and oxygen atoms in total. The SMILES string of the molecule is Cc1ccc2nc(Sc3cccc(Cl)c3CCN)[nH]c2c1. The smallest absolute Gasteiger partial charge is 0.171 e. The van der Waals surface area contributed by atoms with Gasteiger partial charge in [0.15, 0.2) is 5.16 Å². The number of H-pyrrole nitrogens is 1. The van der Waals surface area contributed by atoms with E-state index >= 15 is 0 Å². The monoisotopic (exact) mass is 317 g/mol. The zero-order valence-corrected chi connectivity index (χ0v) is 13.3. The first-order valence-electron chi connectivity index (χ1n) is 6.79. The molecule has 21 heavy (non-hydrogen) atoms. The fourth-order valence-electron chi connectivity index (χ4n) is 2.27. The number of nitrogens with one attached hydrogen (secondary N) is 1. The van der Waals surface area contributed by atoms with Gasteiger partial charge in [-0.2, -0.15) is 0 Å². The number of aromatic amines is 1. The molecule has 2 aromatic carbocycles. The first-order chi connectivity index (χ1) is 10.2. The van der Waals surface area contributed by atoms with Gasteiger partial charge in [-0.15, -0.1) is 0 Å². The number of benzene rings is 2. The predicted molar refractivity (Wildman–Crippen MR) is 89.2 cm³/mol. The largest absolute Gasteiger partial charge is 0.333 e. The Kier molecular flexibility index (Phi) is 4.19. The van der Waals surface area contributed by atoms with Crippen LogP contribution < -0.4 is 5.73 Å². The van der Waals surface area contributed by atoms with Gasteiger partial charge in [0.1, 0.15) is 0 Å². The van der Waals surface area contributed by atoms with E-state index in [1.54, 1.807) is 11.8 Å². The summed E-state index contributed by atoms with van der Waals surface area (Å²) in [4.78, 5) is 9.06. The Morgan fingerprint density at radius 3 is 2.95 bits per heavy atom. The molecule has 0 fully saturated rings. The molecule has 3 aromatic rings. The zero-order chi connectivity index (χ0) is 14.8. The number of hydrogen-bond acceptors (Lipinski definition) is 3. The minimum Gasteiger partial charge on any atom is -0.333 e. The first-order valence-corrected chi connectivity index (χ1v) is 7.98. The van der Waals surface area contributed by atoms with Gasteiger partial charge in [0.25, 0.3) is 0 Å². The van der Waals surface area contributed by atoms with Gasteiger partial charge in [0, 0.05) is 9.92 Å². The summed E-state index contributed by atoms with van der Waals surface area (Å²) in [5.74, 6) is 0. The second-order valence-electron chi connectivity index (χ2n) is 4.92. The van der Waals surface area contributed by atoms with Crippen molar-refractivity contribution in [1.29, 1.82) is 0 Å². The highest BCUT2D eigenvalue weighted by Gasteiger charge is 2.10. The van der Waals surface area contributed by atoms with E-state index in [-0.39, 0.29) is 0 Å². The van der Waals surface area contributed by atoms with Crippen molar-refractivity contribution in [2.45, 2.75) is 23.4 Å². The van der Waals surface area contributed by atoms with Crippen molar-refractivity contribution in [2.24, 2.45) is 5.73 Å². The number of rotatable bonds is 4. The number of imidazole rings is 1. The average Bonchev–Trinajstić information content (AvgIpc) is 2.84. The van der Waals surface area contributed by atoms with Gasteiger partial charge >= 0.3 is 0 Å². The van der Waals surface area contributed by atoms with Gasteiger partial charge in [-0.25, -0.2) is 4.98 Å². The van der Waals surface area contributed by atoms with Crippen LogP contribution in [0, 0.1) is 6.92 Å². The third kappa shape index (κ3) is 3.07. The van der Waals surface area contributed by atoms with Crippen molar-refractivity contribution >= 4 is 34.4 Å². The van der Waals surface area contributed by atoms with E-state index in [0.717, 1.165) is 38.1 Å². The maximum absolute atomic E-state index is 6.27. The Balaban J connectivity index is 1.96. The summed E-state index contributed by atoms with van der Waals surface area (Å²) in [6, 6.07) is 12.1. The molecule has 0 saturated heterocycles. The molecule has 0 unspecified atom stereocenters. The van der Waals surface area contributed by atoms with Crippen LogP contribution in [0.25, 0.3) is 11.0 Å². The standard InChI is InChI=1S/C16H16ClN3S/c1-10-5-6-13-14(9-10)20-16(19-13)21-15-4-2-3-12(17)11(15)7-8-18/h2-6,9H,7-8,18H2,1H3,(H,19,20). The summed E-state index contributed by atoms with van der Waals surface area (Å²) >= 11 is 7.87. The molecule has 0 atom stereocenters. The predicted octanol–water partition coefficient (Wildman–Crippen LogP) is 4.18. The Morgan fingerprint density at radius 1 is 1.29 bits per heavy atom. The molecule has 1 aromatic heterocycles. The Morgan fingerprint density at radius 2 is 2.14 bits per heavy atom. The molecule has 3 N–H and O–H groups in total. The van der Waals surface area contributed by atoms with Crippen LogP contribution in [-0.4, -0.2) is 16.5 Å². The summed E-state index contributed by atoms with van der Waals surface area (Å²) in [5.41, 5.74) is 10.0. The molecule has 0 bridgehead atoms. The number of fused-ring (bicyclic) bond motifs is 1. The summed E-state index contributed by atoms with van der Waals surface area (Å²) in [6.45, 7) is 2.65.